The molecule has 0 radical (unpaired) electrons. The summed E-state index contributed by atoms with van der Waals surface area (Å²) in [6.45, 7) is 3.91. The minimum atomic E-state index is -5.21. The van der Waals surface area contributed by atoms with Gasteiger partial charge >= 0.3 is 30.7 Å². The number of carbonyl (C=O) groups is 2. The van der Waals surface area contributed by atoms with Gasteiger partial charge in [-0.05, 0) is 83.3 Å². The van der Waals surface area contributed by atoms with E-state index in [9.17, 15) is 54.2 Å². The van der Waals surface area contributed by atoms with Crippen molar-refractivity contribution in [2.75, 3.05) is 25.1 Å². The van der Waals surface area contributed by atoms with Crippen molar-refractivity contribution >= 4 is 17.9 Å². The van der Waals surface area contributed by atoms with Crippen LogP contribution >= 0.6 is 0 Å². The maximum Gasteiger partial charge on any atom is 0.586 e. The molecule has 282 valence electrons. The van der Waals surface area contributed by atoms with Crippen molar-refractivity contribution in [3.63, 3.8) is 0 Å². The van der Waals surface area contributed by atoms with Gasteiger partial charge in [0, 0.05) is 29.3 Å². The van der Waals surface area contributed by atoms with Gasteiger partial charge in [0.1, 0.15) is 23.4 Å². The Kier molecular flexibility index (Phi) is 9.22. The molecule has 2 unspecified atom stereocenters. The van der Waals surface area contributed by atoms with Gasteiger partial charge in [0.15, 0.2) is 0 Å². The molecule has 4 aromatic rings. The summed E-state index contributed by atoms with van der Waals surface area (Å²) in [5, 5.41) is 13.0. The Balaban J connectivity index is 1.46. The van der Waals surface area contributed by atoms with E-state index in [1.54, 1.807) is 13.0 Å². The third-order valence-electron chi connectivity index (χ3n) is 8.96. The van der Waals surface area contributed by atoms with Gasteiger partial charge < -0.3 is 19.5 Å². The summed E-state index contributed by atoms with van der Waals surface area (Å²) >= 11 is 0. The molecule has 2 fully saturated rings. The van der Waals surface area contributed by atoms with Crippen LogP contribution in [0, 0.1) is 6.92 Å². The van der Waals surface area contributed by atoms with Crippen molar-refractivity contribution in [3.05, 3.63) is 82.3 Å². The lowest BCUT2D eigenvalue weighted by Crippen LogP contribution is -2.57. The summed E-state index contributed by atoms with van der Waals surface area (Å²) < 4.78 is 135. The molecule has 20 heteroatoms. The zero-order valence-corrected chi connectivity index (χ0v) is 27.8. The average Bonchev–Trinajstić information content (AvgIpc) is 3.61. The fourth-order valence-corrected chi connectivity index (χ4v) is 6.28. The van der Waals surface area contributed by atoms with Crippen LogP contribution in [-0.4, -0.2) is 63.2 Å². The highest BCUT2D eigenvalue weighted by molar-refractivity contribution is 5.83. The van der Waals surface area contributed by atoms with Crippen molar-refractivity contribution in [1.82, 2.24) is 19.8 Å². The van der Waals surface area contributed by atoms with E-state index in [1.165, 1.54) is 32.2 Å². The monoisotopic (exact) mass is 759 g/mol. The van der Waals surface area contributed by atoms with Gasteiger partial charge in [0.05, 0.1) is 36.5 Å². The molecule has 0 aliphatic carbocycles. The number of cyclic esters (lactones) is 1. The van der Waals surface area contributed by atoms with E-state index < -0.39 is 76.5 Å². The topological polar surface area (TPSA) is 114 Å². The van der Waals surface area contributed by atoms with E-state index in [-0.39, 0.29) is 34.3 Å². The lowest BCUT2D eigenvalue weighted by Gasteiger charge is -2.33. The Morgan fingerprint density at radius 2 is 1.64 bits per heavy atom. The zero-order chi connectivity index (χ0) is 38.8. The molecule has 4 heterocycles. The van der Waals surface area contributed by atoms with E-state index in [2.05, 4.69) is 5.10 Å². The van der Waals surface area contributed by atoms with E-state index >= 15 is 0 Å². The fourth-order valence-electron chi connectivity index (χ4n) is 6.28. The molecule has 2 aliphatic rings. The highest BCUT2D eigenvalue weighted by atomic mass is 19.4. The van der Waals surface area contributed by atoms with Gasteiger partial charge in [-0.25, -0.2) is 14.6 Å². The molecule has 2 aliphatic heterocycles. The predicted molar refractivity (Wildman–Crippen MR) is 164 cm³/mol. The third kappa shape index (κ3) is 7.00. The number of methoxy groups -OCH3 is 1. The summed E-state index contributed by atoms with van der Waals surface area (Å²) in [7, 11) is 1.29. The number of nitrogens with zero attached hydrogens (tertiary/aromatic N) is 6. The zero-order valence-electron chi connectivity index (χ0n) is 27.8. The SMILES string of the molecule is COc1ccc(-n2ncc(C(=O)O)[n+]2C(F)(F)F)cc1-c1c(C)cc(N2CCC2)nc1CN1C(=O)OC(c2cc(C(F)(F)F)cc(C(F)(F)F)c2)C1C. The third-order valence-corrected chi connectivity index (χ3v) is 8.96. The van der Waals surface area contributed by atoms with Crippen LogP contribution in [0.1, 0.15) is 57.9 Å². The first-order valence-electron chi connectivity index (χ1n) is 15.7. The second kappa shape index (κ2) is 13.1. The maximum atomic E-state index is 14.1. The normalized spacial score (nSPS) is 17.9. The van der Waals surface area contributed by atoms with Crippen LogP contribution in [-0.2, 0) is 29.9 Å². The Hall–Kier alpha value is -5.56. The largest absolute Gasteiger partial charge is 0.586 e. The van der Waals surface area contributed by atoms with Crippen LogP contribution in [0.25, 0.3) is 16.8 Å². The molecule has 2 aromatic carbocycles. The number of hydrogen-bond acceptors (Lipinski definition) is 7. The minimum Gasteiger partial charge on any atom is -0.496 e. The van der Waals surface area contributed by atoms with Gasteiger partial charge in [0.2, 0.25) is 6.20 Å². The van der Waals surface area contributed by atoms with Crippen LogP contribution < -0.4 is 14.3 Å². The lowest BCUT2D eigenvalue weighted by molar-refractivity contribution is -0.909. The number of benzene rings is 2. The van der Waals surface area contributed by atoms with Crippen molar-refractivity contribution < 1.29 is 68.4 Å². The number of hydrogen-bond donors (Lipinski definition) is 1. The molecular formula is C33H28F9N6O5+. The van der Waals surface area contributed by atoms with E-state index in [0.717, 1.165) is 11.3 Å². The predicted octanol–water partition coefficient (Wildman–Crippen LogP) is 7.04. The number of anilines is 1. The second-order valence-electron chi connectivity index (χ2n) is 12.4. The molecule has 1 N–H and O–H groups in total. The number of aromatic nitrogens is 4. The molecule has 1 amide bonds. The summed E-state index contributed by atoms with van der Waals surface area (Å²) in [5.41, 5.74) is -4.08. The number of carboxylic acid groups (broad SMARTS) is 1. The standard InChI is InChI=1S/C33H27F9N6O5/c1-16-9-26(45-7-4-8-45)44-23(15-46-17(2)28(53-30(46)51)18-10-19(31(34,35)36)12-20(11-18)32(37,38)39)27(16)22-13-21(5-6-25(22)52-3)48-43-14-24(29(49)50)47(48)33(40,41)42/h5-6,9-14,17,28H,4,7-8,15H2,1-3H3/p+1. The summed E-state index contributed by atoms with van der Waals surface area (Å²) in [4.78, 5) is 33.0. The molecule has 6 rings (SSSR count). The first-order valence-corrected chi connectivity index (χ1v) is 15.7. The van der Waals surface area contributed by atoms with Crippen molar-refractivity contribution in [2.45, 2.75) is 57.6 Å². The van der Waals surface area contributed by atoms with Gasteiger partial charge in [-0.2, -0.15) is 26.3 Å². The molecule has 2 aromatic heterocycles. The number of aryl methyl sites for hydroxylation is 1. The molecule has 11 nitrogen and oxygen atoms in total. The number of carbonyl (C=O) groups excluding carboxylic acids is 1. The van der Waals surface area contributed by atoms with Crippen molar-refractivity contribution in [2.24, 2.45) is 0 Å². The number of rotatable bonds is 8. The number of aromatic carboxylic acids is 1. The fraction of sp³-hybridized carbons (Fsp3) is 0.364. The smallest absolute Gasteiger partial charge is 0.496 e. The van der Waals surface area contributed by atoms with Crippen LogP contribution in [0.3, 0.4) is 0 Å². The molecule has 0 bridgehead atoms. The molecule has 2 atom stereocenters. The Labute approximate surface area is 293 Å². The minimum absolute atomic E-state index is 0.0354. The van der Waals surface area contributed by atoms with E-state index in [4.69, 9.17) is 14.5 Å². The Morgan fingerprint density at radius 1 is 1.00 bits per heavy atom. The van der Waals surface area contributed by atoms with Crippen molar-refractivity contribution in [1.29, 1.82) is 0 Å². The quantitative estimate of drug-likeness (QED) is 0.150. The number of amides is 1. The number of halogens is 9. The molecule has 0 saturated carbocycles. The number of ether oxygens (including phenoxy) is 2. The first kappa shape index (κ1) is 37.2. The van der Waals surface area contributed by atoms with Gasteiger partial charge in [0.25, 0.3) is 5.69 Å². The summed E-state index contributed by atoms with van der Waals surface area (Å²) in [6, 6.07) is 5.27. The van der Waals surface area contributed by atoms with Gasteiger partial charge in [-0.1, -0.05) is 0 Å². The Morgan fingerprint density at radius 3 is 2.17 bits per heavy atom. The summed E-state index contributed by atoms with van der Waals surface area (Å²) in [6.07, 6.45) is -16.8. The van der Waals surface area contributed by atoms with E-state index in [0.29, 0.717) is 47.6 Å². The number of carboxylic acids is 1. The molecule has 53 heavy (non-hydrogen) atoms. The maximum absolute atomic E-state index is 14.1. The molecule has 2 saturated heterocycles. The van der Waals surface area contributed by atoms with Crippen molar-refractivity contribution in [3.8, 4) is 22.6 Å². The summed E-state index contributed by atoms with van der Waals surface area (Å²) in [5.74, 6) is -1.30. The van der Waals surface area contributed by atoms with Crippen LogP contribution in [0.4, 0.5) is 50.1 Å². The van der Waals surface area contributed by atoms with Crippen LogP contribution in [0.15, 0.2) is 48.7 Å². The van der Waals surface area contributed by atoms with E-state index in [1.807, 2.05) is 4.90 Å². The van der Waals surface area contributed by atoms with Crippen LogP contribution in [0.2, 0.25) is 0 Å². The molecular weight excluding hydrogens is 731 g/mol. The number of pyridine rings is 1. The van der Waals surface area contributed by atoms with Gasteiger partial charge in [-0.3, -0.25) is 4.90 Å². The highest BCUT2D eigenvalue weighted by Crippen LogP contribution is 2.43. The lowest BCUT2D eigenvalue weighted by atomic mass is 9.95. The number of alkyl halides is 9. The second-order valence-corrected chi connectivity index (χ2v) is 12.4. The molecule has 0 spiro atoms. The van der Waals surface area contributed by atoms with Gasteiger partial charge in [-0.15, -0.1) is 13.2 Å². The Bertz CT molecular complexity index is 2060. The average molecular weight is 760 g/mol. The van der Waals surface area contributed by atoms with Crippen LogP contribution in [0.5, 0.6) is 5.75 Å². The highest BCUT2D eigenvalue weighted by Gasteiger charge is 2.47. The first-order chi connectivity index (χ1) is 24.7.